The minimum atomic E-state index is -4.51. The minimum absolute atomic E-state index is 0.105. The molecule has 7 heteroatoms. The zero-order chi connectivity index (χ0) is 14.0. The molecule has 1 fully saturated rings. The Morgan fingerprint density at radius 1 is 1.47 bits per heavy atom. The first-order valence-corrected chi connectivity index (χ1v) is 5.88. The number of likely N-dealkylation sites (tertiary alicyclic amines) is 1. The van der Waals surface area contributed by atoms with Gasteiger partial charge >= 0.3 is 6.18 Å². The predicted molar refractivity (Wildman–Crippen MR) is 60.4 cm³/mol. The molecule has 1 aliphatic rings. The first kappa shape index (κ1) is 13.8. The second-order valence-electron chi connectivity index (χ2n) is 4.41. The van der Waals surface area contributed by atoms with E-state index in [1.807, 2.05) is 0 Å². The number of alkyl halides is 3. The fraction of sp³-hybridized carbons (Fsp3) is 0.500. The summed E-state index contributed by atoms with van der Waals surface area (Å²) in [5, 5.41) is 9.12. The van der Waals surface area contributed by atoms with Crippen molar-refractivity contribution in [1.29, 1.82) is 0 Å². The molecule has 2 heterocycles. The number of aliphatic hydroxyl groups is 1. The maximum absolute atomic E-state index is 12.3. The van der Waals surface area contributed by atoms with Crippen LogP contribution in [0, 0.1) is 0 Å². The summed E-state index contributed by atoms with van der Waals surface area (Å²) in [6.07, 6.45) is -2.10. The van der Waals surface area contributed by atoms with Crippen molar-refractivity contribution in [2.24, 2.45) is 0 Å². The van der Waals surface area contributed by atoms with Crippen LogP contribution in [0.5, 0.6) is 0 Å². The van der Waals surface area contributed by atoms with Crippen LogP contribution in [-0.4, -0.2) is 40.1 Å². The summed E-state index contributed by atoms with van der Waals surface area (Å²) in [4.78, 5) is 16.8. The molecule has 19 heavy (non-hydrogen) atoms. The Bertz CT molecular complexity index is 459. The molecule has 1 atom stereocenters. The van der Waals surface area contributed by atoms with Crippen molar-refractivity contribution in [1.82, 2.24) is 9.88 Å². The summed E-state index contributed by atoms with van der Waals surface area (Å²) in [5.74, 6) is -0.391. The Kier molecular flexibility index (Phi) is 3.75. The molecular formula is C12H13F3N2O2. The summed E-state index contributed by atoms with van der Waals surface area (Å²) < 4.78 is 37.0. The van der Waals surface area contributed by atoms with E-state index in [0.717, 1.165) is 24.8 Å². The van der Waals surface area contributed by atoms with Gasteiger partial charge < -0.3 is 10.0 Å². The van der Waals surface area contributed by atoms with E-state index in [1.165, 1.54) is 4.90 Å². The second kappa shape index (κ2) is 5.16. The highest BCUT2D eigenvalue weighted by molar-refractivity contribution is 5.94. The molecule has 0 aliphatic carbocycles. The molecule has 0 radical (unpaired) electrons. The van der Waals surface area contributed by atoms with Gasteiger partial charge in [-0.2, -0.15) is 13.2 Å². The predicted octanol–water partition coefficient (Wildman–Crippen LogP) is 1.70. The number of carbonyl (C=O) groups is 1. The number of amides is 1. The van der Waals surface area contributed by atoms with E-state index < -0.39 is 17.8 Å². The third-order valence-electron chi connectivity index (χ3n) is 3.15. The van der Waals surface area contributed by atoms with Crippen molar-refractivity contribution in [2.45, 2.75) is 25.1 Å². The van der Waals surface area contributed by atoms with Gasteiger partial charge in [0.15, 0.2) is 0 Å². The standard InChI is InChI=1S/C12H13F3N2O2/c13-12(14,15)10-4-3-8(6-16-10)11(19)17-5-1-2-9(17)7-18/h3-4,6,9,18H,1-2,5,7H2/t9-/m1/s1. The van der Waals surface area contributed by atoms with E-state index in [1.54, 1.807) is 0 Å². The number of aromatic nitrogens is 1. The van der Waals surface area contributed by atoms with Crippen LogP contribution in [0.25, 0.3) is 0 Å². The van der Waals surface area contributed by atoms with Crippen molar-refractivity contribution in [3.63, 3.8) is 0 Å². The third-order valence-corrected chi connectivity index (χ3v) is 3.15. The molecule has 0 saturated carbocycles. The number of halogens is 3. The smallest absolute Gasteiger partial charge is 0.394 e. The van der Waals surface area contributed by atoms with Gasteiger partial charge in [0.1, 0.15) is 5.69 Å². The SMILES string of the molecule is O=C(c1ccc(C(F)(F)F)nc1)N1CCC[C@@H]1CO. The highest BCUT2D eigenvalue weighted by Crippen LogP contribution is 2.27. The Balaban J connectivity index is 2.16. The highest BCUT2D eigenvalue weighted by Gasteiger charge is 2.33. The van der Waals surface area contributed by atoms with Crippen molar-refractivity contribution in [3.8, 4) is 0 Å². The van der Waals surface area contributed by atoms with Crippen LogP contribution in [0.15, 0.2) is 18.3 Å². The van der Waals surface area contributed by atoms with E-state index >= 15 is 0 Å². The Hall–Kier alpha value is -1.63. The number of aliphatic hydroxyl groups excluding tert-OH is 1. The van der Waals surface area contributed by atoms with Gasteiger partial charge in [-0.05, 0) is 25.0 Å². The molecule has 104 valence electrons. The number of carbonyl (C=O) groups excluding carboxylic acids is 1. The lowest BCUT2D eigenvalue weighted by atomic mass is 10.2. The summed E-state index contributed by atoms with van der Waals surface area (Å²) in [5.41, 5.74) is -0.919. The van der Waals surface area contributed by atoms with E-state index in [9.17, 15) is 18.0 Å². The van der Waals surface area contributed by atoms with Gasteiger partial charge in [-0.15, -0.1) is 0 Å². The molecule has 2 rings (SSSR count). The molecule has 4 nitrogen and oxygen atoms in total. The van der Waals surface area contributed by atoms with Crippen LogP contribution in [0.3, 0.4) is 0 Å². The minimum Gasteiger partial charge on any atom is -0.394 e. The summed E-state index contributed by atoms with van der Waals surface area (Å²) in [6.45, 7) is 0.366. The number of rotatable bonds is 2. The summed E-state index contributed by atoms with van der Waals surface area (Å²) in [7, 11) is 0. The molecule has 1 amide bonds. The molecule has 0 spiro atoms. The van der Waals surface area contributed by atoms with Gasteiger partial charge in [0.05, 0.1) is 18.2 Å². The maximum Gasteiger partial charge on any atom is 0.433 e. The lowest BCUT2D eigenvalue weighted by molar-refractivity contribution is -0.141. The third kappa shape index (κ3) is 2.86. The monoisotopic (exact) mass is 274 g/mol. The van der Waals surface area contributed by atoms with Crippen molar-refractivity contribution in [2.75, 3.05) is 13.2 Å². The van der Waals surface area contributed by atoms with Crippen LogP contribution in [-0.2, 0) is 6.18 Å². The molecule has 1 N–H and O–H groups in total. The van der Waals surface area contributed by atoms with Crippen LogP contribution in [0.2, 0.25) is 0 Å². The average molecular weight is 274 g/mol. The van der Waals surface area contributed by atoms with Crippen LogP contribution < -0.4 is 0 Å². The number of hydrogen-bond acceptors (Lipinski definition) is 3. The fourth-order valence-electron chi connectivity index (χ4n) is 2.15. The highest BCUT2D eigenvalue weighted by atomic mass is 19.4. The molecular weight excluding hydrogens is 261 g/mol. The van der Waals surface area contributed by atoms with Gasteiger partial charge in [0.25, 0.3) is 5.91 Å². The molecule has 0 unspecified atom stereocenters. The Morgan fingerprint density at radius 3 is 2.74 bits per heavy atom. The lowest BCUT2D eigenvalue weighted by Gasteiger charge is -2.22. The van der Waals surface area contributed by atoms with Crippen LogP contribution >= 0.6 is 0 Å². The maximum atomic E-state index is 12.3. The van der Waals surface area contributed by atoms with Crippen molar-refractivity contribution in [3.05, 3.63) is 29.6 Å². The van der Waals surface area contributed by atoms with Gasteiger partial charge in [0, 0.05) is 12.7 Å². The summed E-state index contributed by atoms with van der Waals surface area (Å²) in [6, 6.07) is 1.65. The fourth-order valence-corrected chi connectivity index (χ4v) is 2.15. The number of pyridine rings is 1. The number of nitrogens with zero attached hydrogens (tertiary/aromatic N) is 2. The molecule has 1 saturated heterocycles. The van der Waals surface area contributed by atoms with E-state index in [4.69, 9.17) is 5.11 Å². The first-order chi connectivity index (χ1) is 8.93. The van der Waals surface area contributed by atoms with E-state index in [0.29, 0.717) is 13.0 Å². The summed E-state index contributed by atoms with van der Waals surface area (Å²) >= 11 is 0. The lowest BCUT2D eigenvalue weighted by Crippen LogP contribution is -2.37. The molecule has 1 aliphatic heterocycles. The number of hydrogen-bond donors (Lipinski definition) is 1. The normalized spacial score (nSPS) is 19.8. The molecule has 1 aromatic rings. The second-order valence-corrected chi connectivity index (χ2v) is 4.41. The molecule has 0 aromatic carbocycles. The van der Waals surface area contributed by atoms with Crippen molar-refractivity contribution < 1.29 is 23.1 Å². The van der Waals surface area contributed by atoms with E-state index in [2.05, 4.69) is 4.98 Å². The topological polar surface area (TPSA) is 53.4 Å². The van der Waals surface area contributed by atoms with Gasteiger partial charge in [-0.3, -0.25) is 9.78 Å². The average Bonchev–Trinajstić information content (AvgIpc) is 2.85. The molecule has 1 aromatic heterocycles. The van der Waals surface area contributed by atoms with Crippen molar-refractivity contribution >= 4 is 5.91 Å². The zero-order valence-electron chi connectivity index (χ0n) is 10.0. The Labute approximate surface area is 107 Å². The largest absolute Gasteiger partial charge is 0.433 e. The molecule has 0 bridgehead atoms. The quantitative estimate of drug-likeness (QED) is 0.893. The Morgan fingerprint density at radius 2 is 2.21 bits per heavy atom. The van der Waals surface area contributed by atoms with Gasteiger partial charge in [-0.25, -0.2) is 0 Å². The van der Waals surface area contributed by atoms with Gasteiger partial charge in [0.2, 0.25) is 0 Å². The van der Waals surface area contributed by atoms with Crippen LogP contribution in [0.1, 0.15) is 28.9 Å². The van der Waals surface area contributed by atoms with E-state index in [-0.39, 0.29) is 18.2 Å². The first-order valence-electron chi connectivity index (χ1n) is 5.88. The van der Waals surface area contributed by atoms with Crippen LogP contribution in [0.4, 0.5) is 13.2 Å². The zero-order valence-corrected chi connectivity index (χ0v) is 10.0. The van der Waals surface area contributed by atoms with Gasteiger partial charge in [-0.1, -0.05) is 0 Å².